The van der Waals surface area contributed by atoms with E-state index in [0.717, 1.165) is 18.5 Å². The van der Waals surface area contributed by atoms with Crippen molar-refractivity contribution in [1.29, 1.82) is 0 Å². The quantitative estimate of drug-likeness (QED) is 0.781. The highest BCUT2D eigenvalue weighted by atomic mass is 16.4. The molecule has 0 spiro atoms. The number of nitrogens with one attached hydrogen (secondary N) is 1. The summed E-state index contributed by atoms with van der Waals surface area (Å²) in [5, 5.41) is 11.6. The Morgan fingerprint density at radius 3 is 1.72 bits per heavy atom. The molecule has 0 rings (SSSR count). The van der Waals surface area contributed by atoms with Crippen LogP contribution < -0.4 is 5.32 Å². The molecule has 3 heteroatoms. The molecule has 0 aromatic carbocycles. The van der Waals surface area contributed by atoms with Crippen molar-refractivity contribution in [2.24, 2.45) is 11.8 Å². The molecule has 0 aromatic heterocycles. The van der Waals surface area contributed by atoms with Crippen molar-refractivity contribution in [2.45, 2.75) is 66.8 Å². The number of allylic oxidation sites excluding steroid dienone is 1. The summed E-state index contributed by atoms with van der Waals surface area (Å²) in [6.07, 6.45) is 1.87. The summed E-state index contributed by atoms with van der Waals surface area (Å²) in [7, 11) is 0. The number of rotatable bonds is 5. The first kappa shape index (κ1) is 19.4. The maximum atomic E-state index is 9.93. The van der Waals surface area contributed by atoms with Gasteiger partial charge in [0.15, 0.2) is 0 Å². The fraction of sp³-hybridized carbons (Fsp3) is 0.800. The number of hydrogen-bond donors (Lipinski definition) is 2. The second kappa shape index (κ2) is 9.01. The molecule has 18 heavy (non-hydrogen) atoms. The van der Waals surface area contributed by atoms with Crippen LogP contribution in [0.5, 0.6) is 0 Å². The Morgan fingerprint density at radius 2 is 1.56 bits per heavy atom. The molecule has 0 aliphatic carbocycles. The van der Waals surface area contributed by atoms with Gasteiger partial charge in [0.1, 0.15) is 0 Å². The fourth-order valence-electron chi connectivity index (χ4n) is 1.03. The standard InChI is InChI=1S/C10H21N.C5H10O2/c1-7-8(2)9(3)11-10(4,5)6;1-3-4(2)5(6)7/h8,11H,3,7H2,1-2,4-6H3;4H,3H2,1-2H3,(H,6,7). The first-order valence-electron chi connectivity index (χ1n) is 6.74. The Labute approximate surface area is 113 Å². The predicted octanol–water partition coefficient (Wildman–Crippen LogP) is 4.05. The minimum atomic E-state index is -0.706. The van der Waals surface area contributed by atoms with Crippen LogP contribution in [0.15, 0.2) is 12.3 Å². The average Bonchev–Trinajstić information content (AvgIpc) is 2.25. The summed E-state index contributed by atoms with van der Waals surface area (Å²) in [5.41, 5.74) is 1.31. The van der Waals surface area contributed by atoms with E-state index in [2.05, 4.69) is 46.5 Å². The second-order valence-corrected chi connectivity index (χ2v) is 5.86. The summed E-state index contributed by atoms with van der Waals surface area (Å²) in [4.78, 5) is 9.93. The molecule has 2 N–H and O–H groups in total. The van der Waals surface area contributed by atoms with Crippen molar-refractivity contribution >= 4 is 5.97 Å². The van der Waals surface area contributed by atoms with Crippen molar-refractivity contribution in [2.75, 3.05) is 0 Å². The lowest BCUT2D eigenvalue weighted by molar-refractivity contribution is -0.141. The molecular weight excluding hydrogens is 226 g/mol. The fourth-order valence-corrected chi connectivity index (χ4v) is 1.03. The molecule has 108 valence electrons. The molecule has 0 radical (unpaired) electrons. The molecule has 0 heterocycles. The van der Waals surface area contributed by atoms with Gasteiger partial charge in [0.05, 0.1) is 5.92 Å². The van der Waals surface area contributed by atoms with Crippen LogP contribution >= 0.6 is 0 Å². The van der Waals surface area contributed by atoms with Crippen molar-refractivity contribution < 1.29 is 9.90 Å². The number of carbonyl (C=O) groups is 1. The predicted molar refractivity (Wildman–Crippen MR) is 78.6 cm³/mol. The highest BCUT2D eigenvalue weighted by Gasteiger charge is 2.12. The first-order valence-corrected chi connectivity index (χ1v) is 6.74. The summed E-state index contributed by atoms with van der Waals surface area (Å²) in [6.45, 7) is 18.4. The largest absolute Gasteiger partial charge is 0.481 e. The van der Waals surface area contributed by atoms with Gasteiger partial charge in [0.25, 0.3) is 0 Å². The zero-order chi connectivity index (χ0) is 14.9. The lowest BCUT2D eigenvalue weighted by atomic mass is 10.0. The van der Waals surface area contributed by atoms with Crippen LogP contribution in [0.4, 0.5) is 0 Å². The van der Waals surface area contributed by atoms with Gasteiger partial charge < -0.3 is 10.4 Å². The van der Waals surface area contributed by atoms with Crippen LogP contribution in [-0.4, -0.2) is 16.6 Å². The highest BCUT2D eigenvalue weighted by molar-refractivity contribution is 5.69. The van der Waals surface area contributed by atoms with E-state index in [1.807, 2.05) is 6.92 Å². The molecule has 3 nitrogen and oxygen atoms in total. The summed E-state index contributed by atoms with van der Waals surface area (Å²) in [6, 6.07) is 0. The molecule has 2 unspecified atom stereocenters. The SMILES string of the molecule is C=C(NC(C)(C)C)C(C)CC.CCC(C)C(=O)O. The Hall–Kier alpha value is -0.990. The molecule has 0 amide bonds. The third-order valence-corrected chi connectivity index (χ3v) is 2.78. The van der Waals surface area contributed by atoms with E-state index >= 15 is 0 Å². The number of hydrogen-bond acceptors (Lipinski definition) is 2. The van der Waals surface area contributed by atoms with Gasteiger partial charge in [-0.25, -0.2) is 0 Å². The molecular formula is C15H31NO2. The normalized spacial score (nSPS) is 13.9. The monoisotopic (exact) mass is 257 g/mol. The molecule has 0 bridgehead atoms. The summed E-state index contributed by atoms with van der Waals surface area (Å²) >= 11 is 0. The Balaban J connectivity index is 0. The van der Waals surface area contributed by atoms with Crippen LogP contribution in [0.25, 0.3) is 0 Å². The van der Waals surface area contributed by atoms with Crippen molar-refractivity contribution in [1.82, 2.24) is 5.32 Å². The van der Waals surface area contributed by atoms with Crippen molar-refractivity contribution in [3.63, 3.8) is 0 Å². The molecule has 0 saturated carbocycles. The van der Waals surface area contributed by atoms with E-state index in [9.17, 15) is 4.79 Å². The molecule has 2 atom stereocenters. The summed E-state index contributed by atoms with van der Waals surface area (Å²) < 4.78 is 0. The first-order chi connectivity index (χ1) is 8.05. The van der Waals surface area contributed by atoms with Gasteiger partial charge in [-0.2, -0.15) is 0 Å². The van der Waals surface area contributed by atoms with Crippen molar-refractivity contribution in [3.05, 3.63) is 12.3 Å². The smallest absolute Gasteiger partial charge is 0.306 e. The van der Waals surface area contributed by atoms with Gasteiger partial charge in [0.2, 0.25) is 0 Å². The van der Waals surface area contributed by atoms with Gasteiger partial charge in [0, 0.05) is 11.2 Å². The molecule has 0 aliphatic rings. The number of carboxylic acids is 1. The third-order valence-electron chi connectivity index (χ3n) is 2.78. The summed E-state index contributed by atoms with van der Waals surface area (Å²) in [5.74, 6) is -0.309. The van der Waals surface area contributed by atoms with E-state index in [1.54, 1.807) is 6.92 Å². The lowest BCUT2D eigenvalue weighted by Gasteiger charge is -2.26. The Morgan fingerprint density at radius 1 is 1.17 bits per heavy atom. The molecule has 0 aliphatic heterocycles. The van der Waals surface area contributed by atoms with Crippen LogP contribution in [0.3, 0.4) is 0 Å². The molecule has 0 aromatic rings. The van der Waals surface area contributed by atoms with Gasteiger partial charge in [-0.1, -0.05) is 34.3 Å². The minimum absolute atomic E-state index is 0.153. The van der Waals surface area contributed by atoms with Crippen LogP contribution in [0, 0.1) is 11.8 Å². The second-order valence-electron chi connectivity index (χ2n) is 5.86. The van der Waals surface area contributed by atoms with Crippen LogP contribution in [-0.2, 0) is 4.79 Å². The molecule has 0 fully saturated rings. The van der Waals surface area contributed by atoms with Gasteiger partial charge in [-0.05, 0) is 39.5 Å². The van der Waals surface area contributed by atoms with Crippen LogP contribution in [0.1, 0.15) is 61.3 Å². The Kier molecular flexibility index (Phi) is 9.69. The van der Waals surface area contributed by atoms with E-state index in [1.165, 1.54) is 0 Å². The maximum Gasteiger partial charge on any atom is 0.306 e. The average molecular weight is 257 g/mol. The van der Waals surface area contributed by atoms with E-state index in [4.69, 9.17) is 5.11 Å². The van der Waals surface area contributed by atoms with E-state index in [-0.39, 0.29) is 11.5 Å². The van der Waals surface area contributed by atoms with Crippen LogP contribution in [0.2, 0.25) is 0 Å². The lowest BCUT2D eigenvalue weighted by Crippen LogP contribution is -2.36. The van der Waals surface area contributed by atoms with Gasteiger partial charge in [-0.3, -0.25) is 4.79 Å². The zero-order valence-corrected chi connectivity index (χ0v) is 13.1. The minimum Gasteiger partial charge on any atom is -0.481 e. The topological polar surface area (TPSA) is 49.3 Å². The van der Waals surface area contributed by atoms with E-state index in [0.29, 0.717) is 5.92 Å². The zero-order valence-electron chi connectivity index (χ0n) is 13.1. The maximum absolute atomic E-state index is 9.93. The molecule has 0 saturated heterocycles. The van der Waals surface area contributed by atoms with Gasteiger partial charge in [-0.15, -0.1) is 0 Å². The Bertz CT molecular complexity index is 254. The number of carboxylic acid groups (broad SMARTS) is 1. The van der Waals surface area contributed by atoms with Gasteiger partial charge >= 0.3 is 5.97 Å². The number of aliphatic carboxylic acids is 1. The van der Waals surface area contributed by atoms with Crippen molar-refractivity contribution in [3.8, 4) is 0 Å². The third kappa shape index (κ3) is 11.5. The van der Waals surface area contributed by atoms with E-state index < -0.39 is 5.97 Å². The highest BCUT2D eigenvalue weighted by Crippen LogP contribution is 2.12.